The van der Waals surface area contributed by atoms with Crippen LogP contribution in [-0.2, 0) is 4.74 Å². The Bertz CT molecular complexity index is 318. The number of nitrogens with one attached hydrogen (secondary N) is 1. The molecular weight excluding hydrogens is 226 g/mol. The lowest BCUT2D eigenvalue weighted by Gasteiger charge is -2.41. The van der Waals surface area contributed by atoms with Crippen LogP contribution in [0.4, 0.5) is 0 Å². The van der Waals surface area contributed by atoms with Gasteiger partial charge >= 0.3 is 0 Å². The highest BCUT2D eigenvalue weighted by Gasteiger charge is 2.40. The number of aliphatic hydroxyl groups excluding tert-OH is 1. The van der Waals surface area contributed by atoms with Gasteiger partial charge in [0.1, 0.15) is 5.60 Å². The second-order valence-electron chi connectivity index (χ2n) is 4.62. The predicted molar refractivity (Wildman–Crippen MR) is 75.6 cm³/mol. The van der Waals surface area contributed by atoms with Gasteiger partial charge in [-0.1, -0.05) is 30.9 Å². The molecule has 0 aliphatic carbocycles. The van der Waals surface area contributed by atoms with Crippen molar-refractivity contribution in [3.8, 4) is 0 Å². The van der Waals surface area contributed by atoms with Gasteiger partial charge in [-0.25, -0.2) is 0 Å². The first-order valence-corrected chi connectivity index (χ1v) is 6.65. The maximum atomic E-state index is 10.3. The number of hydrogen-bond donors (Lipinski definition) is 2. The van der Waals surface area contributed by atoms with Gasteiger partial charge in [-0.15, -0.1) is 0 Å². The van der Waals surface area contributed by atoms with Crippen molar-refractivity contribution in [2.45, 2.75) is 38.4 Å². The van der Waals surface area contributed by atoms with Gasteiger partial charge in [-0.2, -0.15) is 0 Å². The van der Waals surface area contributed by atoms with Gasteiger partial charge in [-0.05, 0) is 32.4 Å². The zero-order valence-corrected chi connectivity index (χ0v) is 11.5. The van der Waals surface area contributed by atoms with Crippen LogP contribution < -0.4 is 5.32 Å². The highest BCUT2D eigenvalue weighted by Crippen LogP contribution is 2.31. The molecule has 0 aromatic carbocycles. The molecule has 0 spiro atoms. The monoisotopic (exact) mass is 251 g/mol. The van der Waals surface area contributed by atoms with Crippen molar-refractivity contribution in [2.24, 2.45) is 0 Å². The molecule has 0 aromatic rings. The molecule has 2 N–H and O–H groups in total. The molecule has 1 rings (SSSR count). The van der Waals surface area contributed by atoms with Crippen LogP contribution in [0.25, 0.3) is 0 Å². The van der Waals surface area contributed by atoms with Crippen molar-refractivity contribution in [3.63, 3.8) is 0 Å². The minimum atomic E-state index is -0.472. The minimum Gasteiger partial charge on any atom is -0.389 e. The average Bonchev–Trinajstić information content (AvgIpc) is 2.38. The zero-order chi connectivity index (χ0) is 13.4. The van der Waals surface area contributed by atoms with Crippen molar-refractivity contribution in [1.29, 1.82) is 0 Å². The molecule has 18 heavy (non-hydrogen) atoms. The number of ether oxygens (including phenoxy) is 1. The molecule has 1 fully saturated rings. The summed E-state index contributed by atoms with van der Waals surface area (Å²) in [6, 6.07) is 0. The van der Waals surface area contributed by atoms with E-state index in [1.807, 2.05) is 38.2 Å². The van der Waals surface area contributed by atoms with E-state index < -0.39 is 11.7 Å². The van der Waals surface area contributed by atoms with Gasteiger partial charge < -0.3 is 15.2 Å². The third-order valence-electron chi connectivity index (χ3n) is 3.37. The van der Waals surface area contributed by atoms with Crippen LogP contribution in [-0.4, -0.2) is 36.5 Å². The average molecular weight is 251 g/mol. The van der Waals surface area contributed by atoms with Crippen LogP contribution in [0, 0.1) is 0 Å². The highest BCUT2D eigenvalue weighted by molar-refractivity contribution is 5.25. The van der Waals surface area contributed by atoms with Crippen molar-refractivity contribution in [1.82, 2.24) is 5.32 Å². The predicted octanol–water partition coefficient (Wildman–Crippen LogP) is 2.19. The molecule has 1 aliphatic rings. The zero-order valence-electron chi connectivity index (χ0n) is 11.5. The quantitative estimate of drug-likeness (QED) is 0.711. The number of β-amino-alcohol motifs (C(OH)–C–C–N with tert-alkyl or cyclic N) is 1. The Morgan fingerprint density at radius 2 is 2.39 bits per heavy atom. The van der Waals surface area contributed by atoms with Crippen molar-refractivity contribution >= 4 is 0 Å². The van der Waals surface area contributed by atoms with Crippen LogP contribution in [0.2, 0.25) is 0 Å². The SMILES string of the molecule is C=C/C(=C\C=C/C)CC1(OCC)CCNCC1O. The Hall–Kier alpha value is -0.900. The van der Waals surface area contributed by atoms with Crippen LogP contribution in [0.15, 0.2) is 36.5 Å². The van der Waals surface area contributed by atoms with E-state index in [0.29, 0.717) is 19.6 Å². The van der Waals surface area contributed by atoms with E-state index >= 15 is 0 Å². The fourth-order valence-electron chi connectivity index (χ4n) is 2.37. The lowest BCUT2D eigenvalue weighted by Crippen LogP contribution is -2.55. The smallest absolute Gasteiger partial charge is 0.100 e. The summed E-state index contributed by atoms with van der Waals surface area (Å²) in [7, 11) is 0. The Labute approximate surface area is 110 Å². The molecule has 1 aliphatic heterocycles. The fraction of sp³-hybridized carbons (Fsp3) is 0.600. The molecule has 3 nitrogen and oxygen atoms in total. The van der Waals surface area contributed by atoms with Crippen LogP contribution in [0.5, 0.6) is 0 Å². The summed E-state index contributed by atoms with van der Waals surface area (Å²) in [5.41, 5.74) is 0.629. The van der Waals surface area contributed by atoms with Gasteiger partial charge in [0.25, 0.3) is 0 Å². The van der Waals surface area contributed by atoms with E-state index in [2.05, 4.69) is 11.9 Å². The first-order chi connectivity index (χ1) is 8.68. The number of rotatable bonds is 6. The summed E-state index contributed by atoms with van der Waals surface area (Å²) in [5, 5.41) is 13.4. The van der Waals surface area contributed by atoms with E-state index in [-0.39, 0.29) is 0 Å². The Morgan fingerprint density at radius 1 is 1.61 bits per heavy atom. The molecule has 0 saturated carbocycles. The third-order valence-corrected chi connectivity index (χ3v) is 3.37. The number of piperidine rings is 1. The molecule has 1 heterocycles. The van der Waals surface area contributed by atoms with Gasteiger partial charge in [0.15, 0.2) is 0 Å². The summed E-state index contributed by atoms with van der Waals surface area (Å²) in [5.74, 6) is 0. The molecule has 0 aromatic heterocycles. The molecule has 0 bridgehead atoms. The van der Waals surface area contributed by atoms with E-state index in [1.165, 1.54) is 0 Å². The third kappa shape index (κ3) is 3.80. The van der Waals surface area contributed by atoms with Gasteiger partial charge in [0, 0.05) is 19.6 Å². The van der Waals surface area contributed by atoms with Crippen molar-refractivity contribution in [2.75, 3.05) is 19.7 Å². The lowest BCUT2D eigenvalue weighted by atomic mass is 9.83. The first kappa shape index (κ1) is 15.2. The molecule has 1 saturated heterocycles. The summed E-state index contributed by atoms with van der Waals surface area (Å²) >= 11 is 0. The maximum absolute atomic E-state index is 10.3. The largest absolute Gasteiger partial charge is 0.389 e. The normalized spacial score (nSPS) is 29.7. The van der Waals surface area contributed by atoms with E-state index in [9.17, 15) is 5.11 Å². The van der Waals surface area contributed by atoms with Gasteiger partial charge in [-0.3, -0.25) is 0 Å². The molecule has 3 heteroatoms. The number of allylic oxidation sites excluding steroid dienone is 4. The Morgan fingerprint density at radius 3 is 2.94 bits per heavy atom. The molecule has 2 atom stereocenters. The Kier molecular flexibility index (Phi) is 6.33. The maximum Gasteiger partial charge on any atom is 0.100 e. The topological polar surface area (TPSA) is 41.5 Å². The van der Waals surface area contributed by atoms with Crippen LogP contribution in [0.1, 0.15) is 26.7 Å². The summed E-state index contributed by atoms with van der Waals surface area (Å²) < 4.78 is 5.89. The van der Waals surface area contributed by atoms with Gasteiger partial charge in [0.2, 0.25) is 0 Å². The fourth-order valence-corrected chi connectivity index (χ4v) is 2.37. The van der Waals surface area contributed by atoms with Crippen molar-refractivity contribution < 1.29 is 9.84 Å². The van der Waals surface area contributed by atoms with E-state index in [0.717, 1.165) is 18.5 Å². The van der Waals surface area contributed by atoms with Crippen LogP contribution >= 0.6 is 0 Å². The molecule has 102 valence electrons. The summed E-state index contributed by atoms with van der Waals surface area (Å²) in [6.45, 7) is 9.88. The number of aliphatic hydroxyl groups is 1. The number of hydrogen-bond acceptors (Lipinski definition) is 3. The second-order valence-corrected chi connectivity index (χ2v) is 4.62. The summed E-state index contributed by atoms with van der Waals surface area (Å²) in [6.07, 6.45) is 8.90. The van der Waals surface area contributed by atoms with Crippen molar-refractivity contribution in [3.05, 3.63) is 36.5 Å². The second kappa shape index (κ2) is 7.52. The molecule has 0 amide bonds. The summed E-state index contributed by atoms with van der Waals surface area (Å²) in [4.78, 5) is 0. The molecule has 2 unspecified atom stereocenters. The minimum absolute atomic E-state index is 0.471. The van der Waals surface area contributed by atoms with Gasteiger partial charge in [0.05, 0.1) is 6.10 Å². The van der Waals surface area contributed by atoms with Crippen LogP contribution in [0.3, 0.4) is 0 Å². The van der Waals surface area contributed by atoms with E-state index in [4.69, 9.17) is 4.74 Å². The lowest BCUT2D eigenvalue weighted by molar-refractivity contribution is -0.133. The molecular formula is C15H25NO2. The van der Waals surface area contributed by atoms with E-state index in [1.54, 1.807) is 0 Å². The Balaban J connectivity index is 2.86. The molecule has 0 radical (unpaired) electrons. The first-order valence-electron chi connectivity index (χ1n) is 6.65. The highest BCUT2D eigenvalue weighted by atomic mass is 16.5. The standard InChI is InChI=1S/C15H25NO2/c1-4-7-8-13(5-2)11-15(18-6-3)9-10-16-12-14(15)17/h4-5,7-8,14,16-17H,2,6,9-12H2,1,3H3/b7-4-,13-8+.